The molecule has 0 spiro atoms. The topological polar surface area (TPSA) is 64.7 Å². The number of nitrogens with two attached hydrogens (primary N) is 1. The van der Waals surface area contributed by atoms with Crippen LogP contribution in [0.5, 0.6) is 0 Å². The maximum absolute atomic E-state index is 6.06. The van der Waals surface area contributed by atoms with Crippen molar-refractivity contribution >= 4 is 5.82 Å². The van der Waals surface area contributed by atoms with Crippen LogP contribution in [0, 0.1) is 6.92 Å². The van der Waals surface area contributed by atoms with Gasteiger partial charge >= 0.3 is 0 Å². The number of fused-ring (bicyclic) bond motifs is 1. The van der Waals surface area contributed by atoms with Crippen molar-refractivity contribution in [1.82, 2.24) is 15.0 Å². The van der Waals surface area contributed by atoms with E-state index in [2.05, 4.69) is 15.0 Å². The first-order chi connectivity index (χ1) is 8.75. The SMILES string of the molecule is Cc1cnccc1-c1nc(N)c2c(n1)CCCC2. The third-order valence-corrected chi connectivity index (χ3v) is 3.48. The third kappa shape index (κ3) is 1.83. The van der Waals surface area contributed by atoms with E-state index in [1.807, 2.05) is 19.2 Å². The molecule has 2 heterocycles. The fourth-order valence-corrected chi connectivity index (χ4v) is 2.47. The summed E-state index contributed by atoms with van der Waals surface area (Å²) in [4.78, 5) is 13.2. The molecule has 1 aliphatic rings. The minimum Gasteiger partial charge on any atom is -0.383 e. The second kappa shape index (κ2) is 4.37. The molecular formula is C14H16N4. The molecule has 0 aromatic carbocycles. The first-order valence-corrected chi connectivity index (χ1v) is 6.32. The van der Waals surface area contributed by atoms with E-state index in [9.17, 15) is 0 Å². The van der Waals surface area contributed by atoms with E-state index < -0.39 is 0 Å². The van der Waals surface area contributed by atoms with Gasteiger partial charge in [0.05, 0.1) is 0 Å². The van der Waals surface area contributed by atoms with Gasteiger partial charge in [0.25, 0.3) is 0 Å². The van der Waals surface area contributed by atoms with Gasteiger partial charge in [-0.1, -0.05) is 0 Å². The Morgan fingerprint density at radius 1 is 1.17 bits per heavy atom. The van der Waals surface area contributed by atoms with Gasteiger partial charge in [-0.3, -0.25) is 4.98 Å². The molecule has 92 valence electrons. The Hall–Kier alpha value is -1.97. The zero-order valence-corrected chi connectivity index (χ0v) is 10.5. The molecule has 4 nitrogen and oxygen atoms in total. The molecule has 0 amide bonds. The van der Waals surface area contributed by atoms with Crippen molar-refractivity contribution in [2.75, 3.05) is 5.73 Å². The molecule has 2 aromatic heterocycles. The highest BCUT2D eigenvalue weighted by Gasteiger charge is 2.17. The van der Waals surface area contributed by atoms with Crippen molar-refractivity contribution < 1.29 is 0 Å². The van der Waals surface area contributed by atoms with E-state index in [1.54, 1.807) is 6.20 Å². The Bertz CT molecular complexity index is 592. The summed E-state index contributed by atoms with van der Waals surface area (Å²) < 4.78 is 0. The molecular weight excluding hydrogens is 224 g/mol. The molecule has 0 bridgehead atoms. The van der Waals surface area contributed by atoms with Crippen LogP contribution in [0.15, 0.2) is 18.5 Å². The van der Waals surface area contributed by atoms with E-state index in [0.29, 0.717) is 5.82 Å². The number of hydrogen-bond acceptors (Lipinski definition) is 4. The van der Waals surface area contributed by atoms with E-state index in [1.165, 1.54) is 12.8 Å². The van der Waals surface area contributed by atoms with Crippen molar-refractivity contribution in [2.45, 2.75) is 32.6 Å². The summed E-state index contributed by atoms with van der Waals surface area (Å²) in [5.41, 5.74) is 10.4. The van der Waals surface area contributed by atoms with Crippen LogP contribution in [0.4, 0.5) is 5.82 Å². The van der Waals surface area contributed by atoms with Gasteiger partial charge in [0.15, 0.2) is 5.82 Å². The summed E-state index contributed by atoms with van der Waals surface area (Å²) >= 11 is 0. The summed E-state index contributed by atoms with van der Waals surface area (Å²) in [5, 5.41) is 0. The van der Waals surface area contributed by atoms with E-state index in [-0.39, 0.29) is 0 Å². The Kier molecular flexibility index (Phi) is 2.70. The van der Waals surface area contributed by atoms with Gasteiger partial charge in [-0.2, -0.15) is 0 Å². The molecule has 3 rings (SSSR count). The molecule has 2 N–H and O–H groups in total. The van der Waals surface area contributed by atoms with Crippen LogP contribution in [-0.2, 0) is 12.8 Å². The smallest absolute Gasteiger partial charge is 0.162 e. The lowest BCUT2D eigenvalue weighted by atomic mass is 9.96. The van der Waals surface area contributed by atoms with Crippen LogP contribution in [0.25, 0.3) is 11.4 Å². The molecule has 4 heteroatoms. The number of anilines is 1. The van der Waals surface area contributed by atoms with Crippen molar-refractivity contribution in [3.8, 4) is 11.4 Å². The molecule has 1 aliphatic carbocycles. The van der Waals surface area contributed by atoms with Gasteiger partial charge in [-0.25, -0.2) is 9.97 Å². The molecule has 0 unspecified atom stereocenters. The highest BCUT2D eigenvalue weighted by molar-refractivity contribution is 5.62. The molecule has 2 aromatic rings. The van der Waals surface area contributed by atoms with Gasteiger partial charge in [0.1, 0.15) is 5.82 Å². The number of hydrogen-bond donors (Lipinski definition) is 1. The second-order valence-electron chi connectivity index (χ2n) is 4.76. The van der Waals surface area contributed by atoms with Gasteiger partial charge in [-0.05, 0) is 44.2 Å². The van der Waals surface area contributed by atoms with Crippen LogP contribution in [0.2, 0.25) is 0 Å². The zero-order chi connectivity index (χ0) is 12.5. The molecule has 18 heavy (non-hydrogen) atoms. The van der Waals surface area contributed by atoms with Crippen LogP contribution >= 0.6 is 0 Å². The first-order valence-electron chi connectivity index (χ1n) is 6.32. The summed E-state index contributed by atoms with van der Waals surface area (Å²) in [7, 11) is 0. The molecule has 0 radical (unpaired) electrons. The lowest BCUT2D eigenvalue weighted by molar-refractivity contribution is 0.666. The third-order valence-electron chi connectivity index (χ3n) is 3.48. The lowest BCUT2D eigenvalue weighted by Crippen LogP contribution is -2.12. The fraction of sp³-hybridized carbons (Fsp3) is 0.357. The standard InChI is InChI=1S/C14H16N4/c1-9-8-16-7-6-10(9)14-17-12-5-3-2-4-11(12)13(15)18-14/h6-8H,2-5H2,1H3,(H2,15,17,18). The maximum Gasteiger partial charge on any atom is 0.162 e. The number of aryl methyl sites for hydroxylation is 2. The molecule has 0 fully saturated rings. The number of nitrogens with zero attached hydrogens (tertiary/aromatic N) is 3. The zero-order valence-electron chi connectivity index (χ0n) is 10.5. The summed E-state index contributed by atoms with van der Waals surface area (Å²) in [6, 6.07) is 1.94. The van der Waals surface area contributed by atoms with Crippen LogP contribution in [0.3, 0.4) is 0 Å². The summed E-state index contributed by atoms with van der Waals surface area (Å²) in [5.74, 6) is 1.37. The average Bonchev–Trinajstić information content (AvgIpc) is 2.39. The first kappa shape index (κ1) is 11.1. The van der Waals surface area contributed by atoms with Crippen molar-refractivity contribution in [3.05, 3.63) is 35.3 Å². The second-order valence-corrected chi connectivity index (χ2v) is 4.76. The number of aromatic nitrogens is 3. The lowest BCUT2D eigenvalue weighted by Gasteiger charge is -2.17. The largest absolute Gasteiger partial charge is 0.383 e. The number of rotatable bonds is 1. The highest BCUT2D eigenvalue weighted by atomic mass is 15.0. The van der Waals surface area contributed by atoms with Gasteiger partial charge in [0.2, 0.25) is 0 Å². The van der Waals surface area contributed by atoms with Crippen molar-refractivity contribution in [2.24, 2.45) is 0 Å². The van der Waals surface area contributed by atoms with E-state index in [0.717, 1.165) is 41.1 Å². The normalized spacial score (nSPS) is 14.3. The van der Waals surface area contributed by atoms with Crippen LogP contribution < -0.4 is 5.73 Å². The predicted molar refractivity (Wildman–Crippen MR) is 71.1 cm³/mol. The van der Waals surface area contributed by atoms with Gasteiger partial charge < -0.3 is 5.73 Å². The highest BCUT2D eigenvalue weighted by Crippen LogP contribution is 2.27. The maximum atomic E-state index is 6.06. The molecule has 0 saturated heterocycles. The van der Waals surface area contributed by atoms with Crippen LogP contribution in [0.1, 0.15) is 29.7 Å². The van der Waals surface area contributed by atoms with E-state index >= 15 is 0 Å². The monoisotopic (exact) mass is 240 g/mol. The van der Waals surface area contributed by atoms with Gasteiger partial charge in [0, 0.05) is 29.2 Å². The Balaban J connectivity index is 2.14. The predicted octanol–water partition coefficient (Wildman–Crippen LogP) is 2.31. The summed E-state index contributed by atoms with van der Waals surface area (Å²) in [6.45, 7) is 2.02. The number of nitrogen functional groups attached to an aromatic ring is 1. The Morgan fingerprint density at radius 3 is 2.83 bits per heavy atom. The fourth-order valence-electron chi connectivity index (χ4n) is 2.47. The van der Waals surface area contributed by atoms with Crippen molar-refractivity contribution in [3.63, 3.8) is 0 Å². The molecule has 0 aliphatic heterocycles. The minimum atomic E-state index is 0.644. The Morgan fingerprint density at radius 2 is 2.00 bits per heavy atom. The Labute approximate surface area is 106 Å². The quantitative estimate of drug-likeness (QED) is 0.830. The van der Waals surface area contributed by atoms with E-state index in [4.69, 9.17) is 5.73 Å². The van der Waals surface area contributed by atoms with Gasteiger partial charge in [-0.15, -0.1) is 0 Å². The minimum absolute atomic E-state index is 0.644. The molecule has 0 saturated carbocycles. The van der Waals surface area contributed by atoms with Crippen LogP contribution in [-0.4, -0.2) is 15.0 Å². The summed E-state index contributed by atoms with van der Waals surface area (Å²) in [6.07, 6.45) is 8.00. The molecule has 0 atom stereocenters. The average molecular weight is 240 g/mol. The van der Waals surface area contributed by atoms with Crippen molar-refractivity contribution in [1.29, 1.82) is 0 Å². The number of pyridine rings is 1.